The molecule has 0 aliphatic rings. The highest BCUT2D eigenvalue weighted by Gasteiger charge is 2.10. The zero-order valence-electron chi connectivity index (χ0n) is 11.6. The molecule has 0 fully saturated rings. The van der Waals surface area contributed by atoms with E-state index in [1.165, 1.54) is 6.20 Å². The van der Waals surface area contributed by atoms with Gasteiger partial charge in [0, 0.05) is 11.9 Å². The van der Waals surface area contributed by atoms with Crippen LogP contribution in [0.5, 0.6) is 0 Å². The van der Waals surface area contributed by atoms with Crippen molar-refractivity contribution >= 4 is 11.7 Å². The van der Waals surface area contributed by atoms with Crippen LogP contribution in [-0.2, 0) is 9.53 Å². The summed E-state index contributed by atoms with van der Waals surface area (Å²) in [4.78, 5) is 15.7. The lowest BCUT2D eigenvalue weighted by Crippen LogP contribution is -2.08. The molecular weight excluding hydrogens is 242 g/mol. The molecule has 19 heavy (non-hydrogen) atoms. The van der Waals surface area contributed by atoms with E-state index in [2.05, 4.69) is 10.3 Å². The standard InChI is InChI=1S/C14H17N3O2/c1-5-19-14(18)12(6-15)7-17-13-8-16-11(4)9(2)10(13)3/h7-8,17H,5H2,1-4H3. The summed E-state index contributed by atoms with van der Waals surface area (Å²) in [6.07, 6.45) is 3.02. The van der Waals surface area contributed by atoms with Gasteiger partial charge in [0.1, 0.15) is 6.07 Å². The first-order chi connectivity index (χ1) is 9.01. The lowest BCUT2D eigenvalue weighted by molar-refractivity contribution is -0.138. The number of carbonyl (C=O) groups excluding carboxylic acids is 1. The van der Waals surface area contributed by atoms with Crippen molar-refractivity contribution in [3.8, 4) is 6.07 Å². The van der Waals surface area contributed by atoms with Crippen molar-refractivity contribution in [1.29, 1.82) is 5.26 Å². The normalized spacial score (nSPS) is 10.8. The van der Waals surface area contributed by atoms with E-state index >= 15 is 0 Å². The van der Waals surface area contributed by atoms with Crippen LogP contribution in [0.15, 0.2) is 18.0 Å². The summed E-state index contributed by atoms with van der Waals surface area (Å²) in [5.74, 6) is -0.632. The maximum Gasteiger partial charge on any atom is 0.350 e. The smallest absolute Gasteiger partial charge is 0.350 e. The quantitative estimate of drug-likeness (QED) is 0.510. The molecule has 0 atom stereocenters. The molecule has 1 aromatic heterocycles. The molecule has 0 unspecified atom stereocenters. The minimum absolute atomic E-state index is 0.0699. The summed E-state index contributed by atoms with van der Waals surface area (Å²) in [6.45, 7) is 7.79. The number of hydrogen-bond acceptors (Lipinski definition) is 5. The molecular formula is C14H17N3O2. The maximum absolute atomic E-state index is 11.4. The number of ether oxygens (including phenoxy) is 1. The fourth-order valence-corrected chi connectivity index (χ4v) is 1.47. The number of nitriles is 1. The van der Waals surface area contributed by atoms with Gasteiger partial charge >= 0.3 is 5.97 Å². The Balaban J connectivity index is 2.94. The lowest BCUT2D eigenvalue weighted by Gasteiger charge is -2.10. The van der Waals surface area contributed by atoms with Gasteiger partial charge in [0.05, 0.1) is 18.5 Å². The van der Waals surface area contributed by atoms with Crippen LogP contribution in [0.4, 0.5) is 5.69 Å². The Morgan fingerprint density at radius 2 is 2.16 bits per heavy atom. The first kappa shape index (κ1) is 14.7. The number of carbonyl (C=O) groups is 1. The number of nitrogens with zero attached hydrogens (tertiary/aromatic N) is 2. The van der Waals surface area contributed by atoms with Gasteiger partial charge in [0.15, 0.2) is 5.57 Å². The third kappa shape index (κ3) is 3.55. The third-order valence-electron chi connectivity index (χ3n) is 2.88. The van der Waals surface area contributed by atoms with Gasteiger partial charge in [-0.1, -0.05) is 0 Å². The third-order valence-corrected chi connectivity index (χ3v) is 2.88. The monoisotopic (exact) mass is 259 g/mol. The van der Waals surface area contributed by atoms with Crippen LogP contribution >= 0.6 is 0 Å². The lowest BCUT2D eigenvalue weighted by atomic mass is 10.1. The average molecular weight is 259 g/mol. The van der Waals surface area contributed by atoms with Crippen LogP contribution in [0, 0.1) is 32.1 Å². The second-order valence-corrected chi connectivity index (χ2v) is 4.04. The molecule has 0 spiro atoms. The molecule has 1 rings (SSSR count). The SMILES string of the molecule is CCOC(=O)C(C#N)=CNc1cnc(C)c(C)c1C. The van der Waals surface area contributed by atoms with Crippen molar-refractivity contribution in [3.05, 3.63) is 34.8 Å². The highest BCUT2D eigenvalue weighted by Crippen LogP contribution is 2.19. The molecule has 1 heterocycles. The van der Waals surface area contributed by atoms with Crippen molar-refractivity contribution in [2.24, 2.45) is 0 Å². The second kappa shape index (κ2) is 6.55. The van der Waals surface area contributed by atoms with Gasteiger partial charge in [-0.25, -0.2) is 4.79 Å². The molecule has 0 bridgehead atoms. The highest BCUT2D eigenvalue weighted by molar-refractivity contribution is 5.93. The fourth-order valence-electron chi connectivity index (χ4n) is 1.47. The number of aryl methyl sites for hydroxylation is 1. The van der Waals surface area contributed by atoms with E-state index in [0.717, 1.165) is 22.5 Å². The Morgan fingerprint density at radius 1 is 1.47 bits per heavy atom. The summed E-state index contributed by atoms with van der Waals surface area (Å²) in [5, 5.41) is 11.8. The predicted molar refractivity (Wildman–Crippen MR) is 72.4 cm³/mol. The molecule has 100 valence electrons. The minimum atomic E-state index is -0.632. The molecule has 0 saturated heterocycles. The van der Waals surface area contributed by atoms with Gasteiger partial charge in [0.2, 0.25) is 0 Å². The topological polar surface area (TPSA) is 75.0 Å². The van der Waals surface area contributed by atoms with Crippen LogP contribution in [0.25, 0.3) is 0 Å². The zero-order chi connectivity index (χ0) is 14.4. The Kier molecular flexibility index (Phi) is 5.07. The summed E-state index contributed by atoms with van der Waals surface area (Å²) in [7, 11) is 0. The number of rotatable bonds is 4. The highest BCUT2D eigenvalue weighted by atomic mass is 16.5. The minimum Gasteiger partial charge on any atom is -0.462 e. The van der Waals surface area contributed by atoms with Gasteiger partial charge in [-0.05, 0) is 38.8 Å². The number of pyridine rings is 1. The van der Waals surface area contributed by atoms with Gasteiger partial charge < -0.3 is 10.1 Å². The molecule has 0 saturated carbocycles. The van der Waals surface area contributed by atoms with E-state index in [0.29, 0.717) is 0 Å². The van der Waals surface area contributed by atoms with E-state index in [1.807, 2.05) is 20.8 Å². The summed E-state index contributed by atoms with van der Waals surface area (Å²) in [6, 6.07) is 1.81. The molecule has 5 nitrogen and oxygen atoms in total. The summed E-state index contributed by atoms with van der Waals surface area (Å²) >= 11 is 0. The number of anilines is 1. The van der Waals surface area contributed by atoms with Crippen molar-refractivity contribution < 1.29 is 9.53 Å². The Hall–Kier alpha value is -2.35. The maximum atomic E-state index is 11.4. The van der Waals surface area contributed by atoms with Gasteiger partial charge in [-0.2, -0.15) is 5.26 Å². The van der Waals surface area contributed by atoms with Crippen LogP contribution in [0.3, 0.4) is 0 Å². The van der Waals surface area contributed by atoms with E-state index in [-0.39, 0.29) is 12.2 Å². The predicted octanol–water partition coefficient (Wildman–Crippen LogP) is 2.39. The van der Waals surface area contributed by atoms with E-state index < -0.39 is 5.97 Å². The number of esters is 1. The zero-order valence-corrected chi connectivity index (χ0v) is 11.6. The summed E-state index contributed by atoms with van der Waals surface area (Å²) < 4.78 is 4.77. The Bertz CT molecular complexity index is 557. The van der Waals surface area contributed by atoms with E-state index in [9.17, 15) is 4.79 Å². The number of aromatic nitrogens is 1. The number of nitrogens with one attached hydrogen (secondary N) is 1. The average Bonchev–Trinajstić information content (AvgIpc) is 2.39. The molecule has 5 heteroatoms. The van der Waals surface area contributed by atoms with Crippen LogP contribution < -0.4 is 5.32 Å². The molecule has 0 amide bonds. The Labute approximate surface area is 112 Å². The Morgan fingerprint density at radius 3 is 2.74 bits per heavy atom. The van der Waals surface area contributed by atoms with Gasteiger partial charge in [-0.3, -0.25) is 4.98 Å². The molecule has 0 aromatic carbocycles. The molecule has 1 aromatic rings. The first-order valence-corrected chi connectivity index (χ1v) is 5.98. The second-order valence-electron chi connectivity index (χ2n) is 4.04. The van der Waals surface area contributed by atoms with Crippen LogP contribution in [0.1, 0.15) is 23.7 Å². The van der Waals surface area contributed by atoms with Crippen LogP contribution in [-0.4, -0.2) is 17.6 Å². The fraction of sp³-hybridized carbons (Fsp3) is 0.357. The molecule has 0 aliphatic heterocycles. The van der Waals surface area contributed by atoms with E-state index in [1.54, 1.807) is 19.2 Å². The van der Waals surface area contributed by atoms with E-state index in [4.69, 9.17) is 10.00 Å². The van der Waals surface area contributed by atoms with Gasteiger partial charge in [-0.15, -0.1) is 0 Å². The summed E-state index contributed by atoms with van der Waals surface area (Å²) in [5.41, 5.74) is 3.76. The van der Waals surface area contributed by atoms with Crippen molar-refractivity contribution in [2.45, 2.75) is 27.7 Å². The van der Waals surface area contributed by atoms with Crippen LogP contribution in [0.2, 0.25) is 0 Å². The molecule has 0 radical (unpaired) electrons. The number of hydrogen-bond donors (Lipinski definition) is 1. The molecule has 0 aliphatic carbocycles. The first-order valence-electron chi connectivity index (χ1n) is 5.98. The van der Waals surface area contributed by atoms with Gasteiger partial charge in [0.25, 0.3) is 0 Å². The van der Waals surface area contributed by atoms with Crippen molar-refractivity contribution in [3.63, 3.8) is 0 Å². The van der Waals surface area contributed by atoms with Crippen molar-refractivity contribution in [1.82, 2.24) is 4.98 Å². The molecule has 1 N–H and O–H groups in total. The largest absolute Gasteiger partial charge is 0.462 e. The van der Waals surface area contributed by atoms with Crippen molar-refractivity contribution in [2.75, 3.05) is 11.9 Å².